The molecule has 1 rings (SSSR count). The summed E-state index contributed by atoms with van der Waals surface area (Å²) in [4.78, 5) is 4.17. The minimum atomic E-state index is -0.352. The summed E-state index contributed by atoms with van der Waals surface area (Å²) in [5.41, 5.74) is 6.27. The summed E-state index contributed by atoms with van der Waals surface area (Å²) in [5, 5.41) is 14.7. The van der Waals surface area contributed by atoms with Crippen LogP contribution in [-0.2, 0) is 6.54 Å². The summed E-state index contributed by atoms with van der Waals surface area (Å²) in [5.74, 6) is 0. The maximum absolute atomic E-state index is 8.97. The second-order valence-corrected chi connectivity index (χ2v) is 3.44. The van der Waals surface area contributed by atoms with Crippen LogP contribution in [0, 0.1) is 0 Å². The van der Waals surface area contributed by atoms with Crippen molar-refractivity contribution in [2.75, 3.05) is 11.9 Å². The van der Waals surface area contributed by atoms with Gasteiger partial charge in [0.2, 0.25) is 0 Å². The van der Waals surface area contributed by atoms with Crippen LogP contribution in [0.4, 0.5) is 5.13 Å². The molecule has 1 atom stereocenters. The maximum atomic E-state index is 8.97. The Morgan fingerprint density at radius 3 is 3.08 bits per heavy atom. The molecule has 4 N–H and O–H groups in total. The molecule has 0 saturated carbocycles. The van der Waals surface area contributed by atoms with Crippen LogP contribution in [0.2, 0.25) is 0 Å². The number of nitrogens with one attached hydrogen (secondary N) is 1. The van der Waals surface area contributed by atoms with E-state index in [4.69, 9.17) is 10.8 Å². The van der Waals surface area contributed by atoms with E-state index in [0.717, 1.165) is 10.8 Å². The van der Waals surface area contributed by atoms with Crippen molar-refractivity contribution in [3.05, 3.63) is 11.1 Å². The van der Waals surface area contributed by atoms with Crippen molar-refractivity contribution in [3.8, 4) is 0 Å². The van der Waals surface area contributed by atoms with Crippen LogP contribution < -0.4 is 11.1 Å². The van der Waals surface area contributed by atoms with E-state index < -0.39 is 0 Å². The number of nitrogens with two attached hydrogens (primary N) is 1. The number of aromatic nitrogens is 1. The number of hydrogen-bond acceptors (Lipinski definition) is 5. The molecule has 0 aliphatic rings. The number of aliphatic hydroxyl groups is 1. The van der Waals surface area contributed by atoms with Gasteiger partial charge in [-0.15, -0.1) is 11.3 Å². The van der Waals surface area contributed by atoms with Gasteiger partial charge in [0, 0.05) is 18.5 Å². The lowest BCUT2D eigenvalue weighted by molar-refractivity contribution is 0.208. The molecule has 0 radical (unpaired) electrons. The second-order valence-electron chi connectivity index (χ2n) is 2.58. The average Bonchev–Trinajstić information content (AvgIpc) is 2.48. The molecule has 0 aliphatic carbocycles. The van der Waals surface area contributed by atoms with E-state index in [2.05, 4.69) is 10.3 Å². The summed E-state index contributed by atoms with van der Waals surface area (Å²) in [6.07, 6.45) is -0.352. The molecule has 1 aromatic rings. The Bertz CT molecular complexity index is 236. The largest absolute Gasteiger partial charge is 0.392 e. The predicted octanol–water partition coefficient (Wildman–Crippen LogP) is 0.394. The molecule has 4 nitrogen and oxygen atoms in total. The molecule has 12 heavy (non-hydrogen) atoms. The minimum absolute atomic E-state index is 0.352. The molecule has 5 heteroatoms. The fraction of sp³-hybridized carbons (Fsp3) is 0.571. The van der Waals surface area contributed by atoms with Crippen LogP contribution in [0.5, 0.6) is 0 Å². The Labute approximate surface area is 75.4 Å². The highest BCUT2D eigenvalue weighted by atomic mass is 32.1. The van der Waals surface area contributed by atoms with Gasteiger partial charge >= 0.3 is 0 Å². The fourth-order valence-electron chi connectivity index (χ4n) is 0.717. The van der Waals surface area contributed by atoms with E-state index in [0.29, 0.717) is 13.1 Å². The van der Waals surface area contributed by atoms with Gasteiger partial charge in [0.1, 0.15) is 0 Å². The zero-order valence-electron chi connectivity index (χ0n) is 6.95. The Hall–Kier alpha value is -0.650. The van der Waals surface area contributed by atoms with Crippen molar-refractivity contribution < 1.29 is 5.11 Å². The number of anilines is 1. The summed E-state index contributed by atoms with van der Waals surface area (Å²) >= 11 is 1.50. The lowest BCUT2D eigenvalue weighted by Crippen LogP contribution is -2.15. The zero-order valence-corrected chi connectivity index (χ0v) is 7.77. The van der Waals surface area contributed by atoms with E-state index in [1.165, 1.54) is 11.3 Å². The maximum Gasteiger partial charge on any atom is 0.182 e. The highest BCUT2D eigenvalue weighted by molar-refractivity contribution is 7.13. The van der Waals surface area contributed by atoms with Gasteiger partial charge in [0.25, 0.3) is 0 Å². The van der Waals surface area contributed by atoms with Gasteiger partial charge in [-0.2, -0.15) is 0 Å². The molecule has 0 saturated heterocycles. The highest BCUT2D eigenvalue weighted by Gasteiger charge is 2.00. The normalized spacial score (nSPS) is 12.9. The van der Waals surface area contributed by atoms with Crippen molar-refractivity contribution in [2.24, 2.45) is 5.73 Å². The molecular weight excluding hydrogens is 174 g/mol. The molecular formula is C7H13N3OS. The first kappa shape index (κ1) is 9.44. The summed E-state index contributed by atoms with van der Waals surface area (Å²) in [6, 6.07) is 0. The van der Waals surface area contributed by atoms with Crippen LogP contribution in [0.3, 0.4) is 0 Å². The Balaban J connectivity index is 2.41. The van der Waals surface area contributed by atoms with Crippen molar-refractivity contribution >= 4 is 16.5 Å². The van der Waals surface area contributed by atoms with Gasteiger partial charge < -0.3 is 16.2 Å². The smallest absolute Gasteiger partial charge is 0.182 e. The molecule has 68 valence electrons. The first-order valence-corrected chi connectivity index (χ1v) is 4.66. The van der Waals surface area contributed by atoms with E-state index in [9.17, 15) is 0 Å². The molecule has 1 heterocycles. The molecule has 0 amide bonds. The quantitative estimate of drug-likeness (QED) is 0.638. The Kier molecular flexibility index (Phi) is 3.46. The van der Waals surface area contributed by atoms with Crippen LogP contribution in [0.15, 0.2) is 5.38 Å². The number of nitrogens with zero attached hydrogens (tertiary/aromatic N) is 1. The SMILES string of the molecule is CC(O)CNc1nc(CN)cs1. The van der Waals surface area contributed by atoms with Crippen LogP contribution in [-0.4, -0.2) is 22.7 Å². The van der Waals surface area contributed by atoms with E-state index in [-0.39, 0.29) is 6.10 Å². The second kappa shape index (κ2) is 4.39. The first-order valence-electron chi connectivity index (χ1n) is 3.78. The third-order valence-electron chi connectivity index (χ3n) is 1.31. The average molecular weight is 187 g/mol. The molecule has 1 aromatic heterocycles. The number of aliphatic hydroxyl groups excluding tert-OH is 1. The third-order valence-corrected chi connectivity index (χ3v) is 2.16. The van der Waals surface area contributed by atoms with Crippen molar-refractivity contribution in [3.63, 3.8) is 0 Å². The molecule has 1 unspecified atom stereocenters. The Morgan fingerprint density at radius 1 is 1.83 bits per heavy atom. The highest BCUT2D eigenvalue weighted by Crippen LogP contribution is 2.14. The van der Waals surface area contributed by atoms with Gasteiger partial charge in [-0.05, 0) is 6.92 Å². The van der Waals surface area contributed by atoms with Gasteiger partial charge in [-0.1, -0.05) is 0 Å². The summed E-state index contributed by atoms with van der Waals surface area (Å²) in [6.45, 7) is 2.72. The minimum Gasteiger partial charge on any atom is -0.392 e. The van der Waals surface area contributed by atoms with Gasteiger partial charge in [-0.3, -0.25) is 0 Å². The zero-order chi connectivity index (χ0) is 8.97. The molecule has 0 spiro atoms. The predicted molar refractivity (Wildman–Crippen MR) is 50.2 cm³/mol. The fourth-order valence-corrected chi connectivity index (χ4v) is 1.45. The summed E-state index contributed by atoms with van der Waals surface area (Å²) in [7, 11) is 0. The topological polar surface area (TPSA) is 71.2 Å². The third kappa shape index (κ3) is 2.77. The summed E-state index contributed by atoms with van der Waals surface area (Å²) < 4.78 is 0. The standard InChI is InChI=1S/C7H13N3OS/c1-5(11)3-9-7-10-6(2-8)4-12-7/h4-5,11H,2-3,8H2,1H3,(H,9,10). The van der Waals surface area contributed by atoms with Gasteiger partial charge in [0.15, 0.2) is 5.13 Å². The van der Waals surface area contributed by atoms with Crippen molar-refractivity contribution in [2.45, 2.75) is 19.6 Å². The number of hydrogen-bond donors (Lipinski definition) is 3. The monoisotopic (exact) mass is 187 g/mol. The van der Waals surface area contributed by atoms with Crippen LogP contribution >= 0.6 is 11.3 Å². The van der Waals surface area contributed by atoms with E-state index in [1.807, 2.05) is 5.38 Å². The van der Waals surface area contributed by atoms with E-state index in [1.54, 1.807) is 6.92 Å². The number of thiazole rings is 1. The lowest BCUT2D eigenvalue weighted by atomic mass is 10.4. The van der Waals surface area contributed by atoms with Crippen LogP contribution in [0.25, 0.3) is 0 Å². The lowest BCUT2D eigenvalue weighted by Gasteiger charge is -2.03. The number of rotatable bonds is 4. The Morgan fingerprint density at radius 2 is 2.58 bits per heavy atom. The molecule has 0 bridgehead atoms. The van der Waals surface area contributed by atoms with Crippen LogP contribution in [0.1, 0.15) is 12.6 Å². The molecule has 0 fully saturated rings. The van der Waals surface area contributed by atoms with Crippen molar-refractivity contribution in [1.82, 2.24) is 4.98 Å². The molecule has 0 aromatic carbocycles. The van der Waals surface area contributed by atoms with Gasteiger partial charge in [-0.25, -0.2) is 4.98 Å². The van der Waals surface area contributed by atoms with Crippen molar-refractivity contribution in [1.29, 1.82) is 0 Å². The van der Waals surface area contributed by atoms with Gasteiger partial charge in [0.05, 0.1) is 11.8 Å². The first-order chi connectivity index (χ1) is 5.72. The molecule has 0 aliphatic heterocycles. The van der Waals surface area contributed by atoms with E-state index >= 15 is 0 Å².